The van der Waals surface area contributed by atoms with E-state index < -0.39 is 12.0 Å². The second-order valence-electron chi connectivity index (χ2n) is 4.99. The van der Waals surface area contributed by atoms with E-state index in [0.29, 0.717) is 18.5 Å². The van der Waals surface area contributed by atoms with Crippen LogP contribution >= 0.6 is 0 Å². The first-order valence-electron chi connectivity index (χ1n) is 6.69. The highest BCUT2D eigenvalue weighted by Crippen LogP contribution is 2.22. The Morgan fingerprint density at radius 3 is 2.65 bits per heavy atom. The number of nitrogens with zero attached hydrogens (tertiary/aromatic N) is 1. The number of methoxy groups -OCH3 is 1. The van der Waals surface area contributed by atoms with E-state index in [-0.39, 0.29) is 18.4 Å². The molecule has 5 nitrogen and oxygen atoms in total. The fourth-order valence-corrected chi connectivity index (χ4v) is 2.63. The summed E-state index contributed by atoms with van der Waals surface area (Å²) >= 11 is 0. The lowest BCUT2D eigenvalue weighted by atomic mass is 9.92. The van der Waals surface area contributed by atoms with Crippen molar-refractivity contribution in [3.05, 3.63) is 35.9 Å². The largest absolute Gasteiger partial charge is 0.480 e. The number of rotatable bonds is 5. The van der Waals surface area contributed by atoms with Crippen molar-refractivity contribution < 1.29 is 19.4 Å². The van der Waals surface area contributed by atoms with Gasteiger partial charge in [0.1, 0.15) is 0 Å². The zero-order valence-electron chi connectivity index (χ0n) is 11.5. The average Bonchev–Trinajstić information content (AvgIpc) is 2.47. The van der Waals surface area contributed by atoms with E-state index in [4.69, 9.17) is 9.84 Å². The van der Waals surface area contributed by atoms with Gasteiger partial charge < -0.3 is 9.84 Å². The summed E-state index contributed by atoms with van der Waals surface area (Å²) in [5.74, 6) is -0.944. The van der Waals surface area contributed by atoms with Gasteiger partial charge in [-0.3, -0.25) is 14.5 Å². The number of piperidine rings is 1. The molecule has 0 aliphatic carbocycles. The van der Waals surface area contributed by atoms with Gasteiger partial charge in [0.25, 0.3) is 0 Å². The molecule has 0 saturated carbocycles. The molecule has 2 atom stereocenters. The predicted octanol–water partition coefficient (Wildman–Crippen LogP) is 1.43. The Labute approximate surface area is 118 Å². The van der Waals surface area contributed by atoms with Gasteiger partial charge in [-0.2, -0.15) is 0 Å². The van der Waals surface area contributed by atoms with E-state index >= 15 is 0 Å². The molecule has 1 fully saturated rings. The Hall–Kier alpha value is -1.72. The molecule has 2 unspecified atom stereocenters. The van der Waals surface area contributed by atoms with Crippen LogP contribution in [0.3, 0.4) is 0 Å². The Bertz CT molecular complexity index is 474. The smallest absolute Gasteiger partial charge is 0.317 e. The zero-order valence-corrected chi connectivity index (χ0v) is 11.5. The molecule has 0 bridgehead atoms. The average molecular weight is 277 g/mol. The Balaban J connectivity index is 2.18. The van der Waals surface area contributed by atoms with Crippen molar-refractivity contribution in [1.82, 2.24) is 4.90 Å². The molecule has 1 saturated heterocycles. The molecule has 1 aliphatic heterocycles. The molecular weight excluding hydrogens is 258 g/mol. The van der Waals surface area contributed by atoms with E-state index in [1.54, 1.807) is 24.1 Å². The number of likely N-dealkylation sites (tertiary alicyclic amines) is 1. The van der Waals surface area contributed by atoms with Crippen LogP contribution in [0.2, 0.25) is 0 Å². The summed E-state index contributed by atoms with van der Waals surface area (Å²) in [6, 6.07) is 8.57. The number of Topliss-reactive ketones (excluding diaryl/α,β-unsaturated/α-hetero) is 1. The lowest BCUT2D eigenvalue weighted by Gasteiger charge is -2.37. The molecule has 0 radical (unpaired) electrons. The second kappa shape index (κ2) is 6.63. The fourth-order valence-electron chi connectivity index (χ4n) is 2.63. The molecule has 1 aromatic carbocycles. The summed E-state index contributed by atoms with van der Waals surface area (Å²) in [5.41, 5.74) is 0.615. The van der Waals surface area contributed by atoms with Gasteiger partial charge in [0.05, 0.1) is 18.7 Å². The number of hydrogen-bond acceptors (Lipinski definition) is 4. The molecular formula is C15H19NO4. The van der Waals surface area contributed by atoms with Gasteiger partial charge in [-0.05, 0) is 12.8 Å². The summed E-state index contributed by atoms with van der Waals surface area (Å²) in [5, 5.41) is 8.97. The van der Waals surface area contributed by atoms with Crippen LogP contribution in [0.15, 0.2) is 30.3 Å². The third kappa shape index (κ3) is 3.43. The molecule has 1 heterocycles. The first-order valence-corrected chi connectivity index (χ1v) is 6.69. The Morgan fingerprint density at radius 2 is 2.05 bits per heavy atom. The lowest BCUT2D eigenvalue weighted by Crippen LogP contribution is -2.50. The number of carboxylic acids is 1. The van der Waals surface area contributed by atoms with Crippen LogP contribution in [0.1, 0.15) is 23.2 Å². The number of ether oxygens (including phenoxy) is 1. The quantitative estimate of drug-likeness (QED) is 0.825. The molecule has 0 amide bonds. The topological polar surface area (TPSA) is 66.8 Å². The van der Waals surface area contributed by atoms with Gasteiger partial charge in [-0.1, -0.05) is 30.3 Å². The van der Waals surface area contributed by atoms with Gasteiger partial charge in [-0.25, -0.2) is 0 Å². The van der Waals surface area contributed by atoms with Crippen LogP contribution in [0.4, 0.5) is 0 Å². The maximum atomic E-state index is 12.6. The summed E-state index contributed by atoms with van der Waals surface area (Å²) < 4.78 is 5.33. The van der Waals surface area contributed by atoms with Crippen molar-refractivity contribution in [3.63, 3.8) is 0 Å². The van der Waals surface area contributed by atoms with Crippen LogP contribution in [0.25, 0.3) is 0 Å². The maximum Gasteiger partial charge on any atom is 0.317 e. The third-order valence-electron chi connectivity index (χ3n) is 3.70. The summed E-state index contributed by atoms with van der Waals surface area (Å²) in [4.78, 5) is 25.2. The molecule has 2 rings (SSSR count). The van der Waals surface area contributed by atoms with Crippen molar-refractivity contribution in [1.29, 1.82) is 0 Å². The van der Waals surface area contributed by atoms with E-state index in [2.05, 4.69) is 0 Å². The van der Waals surface area contributed by atoms with Gasteiger partial charge in [0.2, 0.25) is 0 Å². The molecule has 0 aromatic heterocycles. The van der Waals surface area contributed by atoms with Crippen LogP contribution in [0.5, 0.6) is 0 Å². The van der Waals surface area contributed by atoms with Crippen molar-refractivity contribution in [2.24, 2.45) is 0 Å². The Kier molecular flexibility index (Phi) is 4.87. The number of aliphatic carboxylic acids is 1. The highest BCUT2D eigenvalue weighted by molar-refractivity contribution is 6.00. The van der Waals surface area contributed by atoms with Crippen molar-refractivity contribution in [3.8, 4) is 0 Å². The van der Waals surface area contributed by atoms with Crippen LogP contribution in [0, 0.1) is 0 Å². The first kappa shape index (κ1) is 14.7. The van der Waals surface area contributed by atoms with Crippen molar-refractivity contribution in [2.75, 3.05) is 20.2 Å². The zero-order chi connectivity index (χ0) is 14.5. The fraction of sp³-hybridized carbons (Fsp3) is 0.467. The number of carbonyl (C=O) groups is 2. The minimum absolute atomic E-state index is 0.0118. The normalized spacial score (nSPS) is 23.4. The Morgan fingerprint density at radius 1 is 1.35 bits per heavy atom. The molecule has 5 heteroatoms. The molecule has 1 N–H and O–H groups in total. The van der Waals surface area contributed by atoms with E-state index in [1.165, 1.54) is 0 Å². The summed E-state index contributed by atoms with van der Waals surface area (Å²) in [7, 11) is 1.63. The van der Waals surface area contributed by atoms with Crippen molar-refractivity contribution >= 4 is 11.8 Å². The summed E-state index contributed by atoms with van der Waals surface area (Å²) in [6.07, 6.45) is 1.30. The maximum absolute atomic E-state index is 12.6. The van der Waals surface area contributed by atoms with Gasteiger partial charge in [0, 0.05) is 19.2 Å². The number of carboxylic acid groups (broad SMARTS) is 1. The third-order valence-corrected chi connectivity index (χ3v) is 3.70. The lowest BCUT2D eigenvalue weighted by molar-refractivity contribution is -0.139. The first-order chi connectivity index (χ1) is 9.61. The predicted molar refractivity (Wildman–Crippen MR) is 73.8 cm³/mol. The van der Waals surface area contributed by atoms with Crippen LogP contribution < -0.4 is 0 Å². The highest BCUT2D eigenvalue weighted by atomic mass is 16.5. The van der Waals surface area contributed by atoms with Crippen LogP contribution in [-0.4, -0.2) is 54.1 Å². The molecule has 1 aliphatic rings. The standard InChI is InChI=1S/C15H19NO4/c1-20-12-7-8-16(10-14(17)18)13(9-12)15(19)11-5-3-2-4-6-11/h2-6,12-13H,7-10H2,1H3,(H,17,18). The molecule has 0 spiro atoms. The van der Waals surface area contributed by atoms with Gasteiger partial charge in [-0.15, -0.1) is 0 Å². The minimum Gasteiger partial charge on any atom is -0.480 e. The highest BCUT2D eigenvalue weighted by Gasteiger charge is 2.34. The van der Waals surface area contributed by atoms with E-state index in [0.717, 1.165) is 6.42 Å². The van der Waals surface area contributed by atoms with E-state index in [1.807, 2.05) is 18.2 Å². The SMILES string of the molecule is COC1CCN(CC(=O)O)C(C(=O)c2ccccc2)C1. The molecule has 1 aromatic rings. The minimum atomic E-state index is -0.910. The van der Waals surface area contributed by atoms with E-state index in [9.17, 15) is 9.59 Å². The number of hydrogen-bond donors (Lipinski definition) is 1. The van der Waals surface area contributed by atoms with Gasteiger partial charge in [0.15, 0.2) is 5.78 Å². The second-order valence-corrected chi connectivity index (χ2v) is 4.99. The monoisotopic (exact) mass is 277 g/mol. The number of benzene rings is 1. The molecule has 20 heavy (non-hydrogen) atoms. The molecule has 108 valence electrons. The van der Waals surface area contributed by atoms with Crippen molar-refractivity contribution in [2.45, 2.75) is 25.0 Å². The van der Waals surface area contributed by atoms with Crippen LogP contribution in [-0.2, 0) is 9.53 Å². The number of carbonyl (C=O) groups excluding carboxylic acids is 1. The van der Waals surface area contributed by atoms with Gasteiger partial charge >= 0.3 is 5.97 Å². The number of ketones is 1. The summed E-state index contributed by atoms with van der Waals surface area (Å²) in [6.45, 7) is 0.452.